The highest BCUT2D eigenvalue weighted by molar-refractivity contribution is 5.74. The van der Waals surface area contributed by atoms with Crippen molar-refractivity contribution >= 4 is 6.03 Å². The largest absolute Gasteiger partial charge is 0.340 e. The second-order valence-electron chi connectivity index (χ2n) is 5.61. The molecule has 3 rings (SSSR count). The van der Waals surface area contributed by atoms with Crippen molar-refractivity contribution in [3.05, 3.63) is 11.7 Å². The van der Waals surface area contributed by atoms with Crippen LogP contribution < -0.4 is 5.32 Å². The summed E-state index contributed by atoms with van der Waals surface area (Å²) in [5, 5.41) is 6.89. The van der Waals surface area contributed by atoms with Crippen LogP contribution in [0.1, 0.15) is 43.8 Å². The number of hydrogen-bond donors (Lipinski definition) is 1. The van der Waals surface area contributed by atoms with Crippen molar-refractivity contribution in [2.75, 3.05) is 19.6 Å². The number of rotatable bonds is 2. The zero-order chi connectivity index (χ0) is 13.5. The fraction of sp³-hybridized carbons (Fsp3) is 0.769. The Hall–Kier alpha value is -1.59. The molecule has 104 valence electrons. The van der Waals surface area contributed by atoms with Gasteiger partial charge in [0.1, 0.15) is 0 Å². The highest BCUT2D eigenvalue weighted by Crippen LogP contribution is 2.64. The van der Waals surface area contributed by atoms with Crippen LogP contribution in [0.4, 0.5) is 4.79 Å². The van der Waals surface area contributed by atoms with Gasteiger partial charge in [-0.25, -0.2) is 4.79 Å². The Balaban J connectivity index is 1.58. The van der Waals surface area contributed by atoms with Crippen LogP contribution >= 0.6 is 0 Å². The SMILES string of the molecule is CCNC(=O)N1CCC2(CC1)CC2c1noc(C)n1. The fourth-order valence-corrected chi connectivity index (χ4v) is 3.14. The molecule has 6 nitrogen and oxygen atoms in total. The maximum atomic E-state index is 11.8. The van der Waals surface area contributed by atoms with E-state index in [4.69, 9.17) is 4.52 Å². The summed E-state index contributed by atoms with van der Waals surface area (Å²) in [5.41, 5.74) is 0.319. The summed E-state index contributed by atoms with van der Waals surface area (Å²) >= 11 is 0. The maximum absolute atomic E-state index is 11.8. The Bertz CT molecular complexity index is 477. The zero-order valence-electron chi connectivity index (χ0n) is 11.5. The molecule has 2 amide bonds. The molecular weight excluding hydrogens is 244 g/mol. The smallest absolute Gasteiger partial charge is 0.317 e. The van der Waals surface area contributed by atoms with Gasteiger partial charge in [-0.15, -0.1) is 0 Å². The van der Waals surface area contributed by atoms with E-state index in [2.05, 4.69) is 15.5 Å². The van der Waals surface area contributed by atoms with Crippen LogP contribution in [0.15, 0.2) is 4.52 Å². The van der Waals surface area contributed by atoms with Gasteiger partial charge in [0, 0.05) is 32.5 Å². The molecule has 2 heterocycles. The molecule has 0 aromatic carbocycles. The first-order chi connectivity index (χ1) is 9.14. The lowest BCUT2D eigenvalue weighted by Crippen LogP contribution is -2.45. The van der Waals surface area contributed by atoms with Gasteiger partial charge in [-0.05, 0) is 31.6 Å². The summed E-state index contributed by atoms with van der Waals surface area (Å²) in [5.74, 6) is 1.92. The average molecular weight is 264 g/mol. The van der Waals surface area contributed by atoms with Crippen molar-refractivity contribution in [3.63, 3.8) is 0 Å². The molecule has 2 fully saturated rings. The summed E-state index contributed by atoms with van der Waals surface area (Å²) in [6.07, 6.45) is 3.22. The van der Waals surface area contributed by atoms with Gasteiger partial charge in [0.25, 0.3) is 0 Å². The molecule has 0 radical (unpaired) electrons. The van der Waals surface area contributed by atoms with Gasteiger partial charge in [-0.2, -0.15) is 4.98 Å². The highest BCUT2D eigenvalue weighted by Gasteiger charge is 2.57. The minimum absolute atomic E-state index is 0.0601. The topological polar surface area (TPSA) is 71.3 Å². The molecule has 1 saturated heterocycles. The maximum Gasteiger partial charge on any atom is 0.317 e. The Morgan fingerprint density at radius 2 is 2.26 bits per heavy atom. The Morgan fingerprint density at radius 1 is 1.53 bits per heavy atom. The summed E-state index contributed by atoms with van der Waals surface area (Å²) in [7, 11) is 0. The van der Waals surface area contributed by atoms with E-state index in [-0.39, 0.29) is 6.03 Å². The Labute approximate surface area is 112 Å². The van der Waals surface area contributed by atoms with Gasteiger partial charge in [0.2, 0.25) is 5.89 Å². The van der Waals surface area contributed by atoms with E-state index in [1.54, 1.807) is 0 Å². The molecule has 1 spiro atoms. The Morgan fingerprint density at radius 3 is 2.84 bits per heavy atom. The second-order valence-corrected chi connectivity index (χ2v) is 5.61. The lowest BCUT2D eigenvalue weighted by Gasteiger charge is -2.32. The highest BCUT2D eigenvalue weighted by atomic mass is 16.5. The quantitative estimate of drug-likeness (QED) is 0.882. The van der Waals surface area contributed by atoms with Gasteiger partial charge < -0.3 is 14.7 Å². The van der Waals surface area contributed by atoms with Crippen LogP contribution in [0.3, 0.4) is 0 Å². The third-order valence-corrected chi connectivity index (χ3v) is 4.42. The summed E-state index contributed by atoms with van der Waals surface area (Å²) < 4.78 is 5.06. The lowest BCUT2D eigenvalue weighted by atomic mass is 9.91. The number of amides is 2. The zero-order valence-corrected chi connectivity index (χ0v) is 11.5. The third kappa shape index (κ3) is 2.19. The Kier molecular flexibility index (Phi) is 2.95. The number of nitrogens with zero attached hydrogens (tertiary/aromatic N) is 3. The number of aryl methyl sites for hydroxylation is 1. The van der Waals surface area contributed by atoms with E-state index >= 15 is 0 Å². The van der Waals surface area contributed by atoms with E-state index < -0.39 is 0 Å². The summed E-state index contributed by atoms with van der Waals surface area (Å²) in [6, 6.07) is 0.0601. The molecule has 1 aromatic rings. The van der Waals surface area contributed by atoms with Gasteiger partial charge in [-0.3, -0.25) is 0 Å². The first-order valence-corrected chi connectivity index (χ1v) is 6.97. The van der Waals surface area contributed by atoms with Crippen LogP contribution in [0.5, 0.6) is 0 Å². The lowest BCUT2D eigenvalue weighted by molar-refractivity contribution is 0.163. The molecule has 1 aliphatic heterocycles. The molecule has 1 N–H and O–H groups in total. The number of urea groups is 1. The van der Waals surface area contributed by atoms with Crippen LogP contribution in [0.25, 0.3) is 0 Å². The van der Waals surface area contributed by atoms with E-state index in [1.807, 2.05) is 18.7 Å². The van der Waals surface area contributed by atoms with Crippen molar-refractivity contribution in [3.8, 4) is 0 Å². The minimum atomic E-state index is 0.0601. The van der Waals surface area contributed by atoms with Crippen LogP contribution in [0, 0.1) is 12.3 Å². The number of carbonyl (C=O) groups is 1. The second kappa shape index (κ2) is 4.51. The molecule has 1 saturated carbocycles. The van der Waals surface area contributed by atoms with E-state index in [0.29, 0.717) is 23.8 Å². The summed E-state index contributed by atoms with van der Waals surface area (Å²) in [4.78, 5) is 18.0. The number of likely N-dealkylation sites (tertiary alicyclic amines) is 1. The summed E-state index contributed by atoms with van der Waals surface area (Å²) in [6.45, 7) is 6.12. The normalized spacial score (nSPS) is 24.5. The monoisotopic (exact) mass is 264 g/mol. The van der Waals surface area contributed by atoms with Crippen LogP contribution in [-0.4, -0.2) is 40.7 Å². The standard InChI is InChI=1S/C13H20N4O2/c1-3-14-12(18)17-6-4-13(5-7-17)8-10(13)11-15-9(2)19-16-11/h10H,3-8H2,1-2H3,(H,14,18). The van der Waals surface area contributed by atoms with Crippen molar-refractivity contribution in [1.29, 1.82) is 0 Å². The number of nitrogens with one attached hydrogen (secondary N) is 1. The number of aromatic nitrogens is 2. The van der Waals surface area contributed by atoms with Crippen LogP contribution in [0.2, 0.25) is 0 Å². The van der Waals surface area contributed by atoms with Crippen molar-refractivity contribution < 1.29 is 9.32 Å². The predicted molar refractivity (Wildman–Crippen MR) is 68.7 cm³/mol. The minimum Gasteiger partial charge on any atom is -0.340 e. The molecule has 0 bridgehead atoms. The van der Waals surface area contributed by atoms with Gasteiger partial charge >= 0.3 is 6.03 Å². The first kappa shape index (κ1) is 12.4. The number of hydrogen-bond acceptors (Lipinski definition) is 4. The van der Waals surface area contributed by atoms with E-state index in [0.717, 1.165) is 38.2 Å². The van der Waals surface area contributed by atoms with Crippen LogP contribution in [-0.2, 0) is 0 Å². The molecule has 1 aliphatic carbocycles. The third-order valence-electron chi connectivity index (χ3n) is 4.42. The van der Waals surface area contributed by atoms with Crippen molar-refractivity contribution in [2.24, 2.45) is 5.41 Å². The van der Waals surface area contributed by atoms with E-state index in [1.165, 1.54) is 0 Å². The molecule has 6 heteroatoms. The molecule has 19 heavy (non-hydrogen) atoms. The molecular formula is C13H20N4O2. The number of carbonyl (C=O) groups excluding carboxylic acids is 1. The van der Waals surface area contributed by atoms with Crippen molar-refractivity contribution in [1.82, 2.24) is 20.4 Å². The number of piperidine rings is 1. The van der Waals surface area contributed by atoms with Gasteiger partial charge in [0.15, 0.2) is 5.82 Å². The van der Waals surface area contributed by atoms with Gasteiger partial charge in [0.05, 0.1) is 0 Å². The molecule has 1 aromatic heterocycles. The first-order valence-electron chi connectivity index (χ1n) is 6.97. The molecule has 2 aliphatic rings. The average Bonchev–Trinajstić information content (AvgIpc) is 2.91. The predicted octanol–water partition coefficient (Wildman–Crippen LogP) is 1.68. The molecule has 1 atom stereocenters. The van der Waals surface area contributed by atoms with Gasteiger partial charge in [-0.1, -0.05) is 5.16 Å². The van der Waals surface area contributed by atoms with E-state index in [9.17, 15) is 4.79 Å². The molecule has 1 unspecified atom stereocenters. The van der Waals surface area contributed by atoms with Crippen molar-refractivity contribution in [2.45, 2.75) is 39.0 Å². The fourth-order valence-electron chi connectivity index (χ4n) is 3.14.